The van der Waals surface area contributed by atoms with Gasteiger partial charge in [0.05, 0.1) is 0 Å². The molecule has 2 aliphatic heterocycles. The molecule has 0 amide bonds. The van der Waals surface area contributed by atoms with E-state index in [-0.39, 0.29) is 0 Å². The highest BCUT2D eigenvalue weighted by Crippen LogP contribution is 2.34. The van der Waals surface area contributed by atoms with Crippen LogP contribution in [-0.2, 0) is 4.74 Å². The maximum atomic E-state index is 5.45. The highest BCUT2D eigenvalue weighted by atomic mass is 16.5. The summed E-state index contributed by atoms with van der Waals surface area (Å²) < 4.78 is 5.45. The monoisotopic (exact) mass is 309 g/mol. The van der Waals surface area contributed by atoms with E-state index in [0.717, 1.165) is 58.2 Å². The number of rotatable bonds is 5. The average molecular weight is 309 g/mol. The van der Waals surface area contributed by atoms with E-state index in [0.29, 0.717) is 11.3 Å². The van der Waals surface area contributed by atoms with Gasteiger partial charge in [-0.25, -0.2) is 0 Å². The van der Waals surface area contributed by atoms with Crippen molar-refractivity contribution in [1.82, 2.24) is 10.2 Å². The van der Waals surface area contributed by atoms with Crippen LogP contribution in [-0.4, -0.2) is 50.3 Å². The molecule has 128 valence electrons. The summed E-state index contributed by atoms with van der Waals surface area (Å²) >= 11 is 0. The second-order valence-corrected chi connectivity index (χ2v) is 7.34. The van der Waals surface area contributed by atoms with E-state index >= 15 is 0 Å². The van der Waals surface area contributed by atoms with Crippen LogP contribution in [0, 0.1) is 11.3 Å². The van der Waals surface area contributed by atoms with Crippen LogP contribution in [0.5, 0.6) is 0 Å². The van der Waals surface area contributed by atoms with E-state index in [1.807, 2.05) is 0 Å². The molecule has 1 N–H and O–H groups in total. The Hall–Kier alpha value is -0.770. The van der Waals surface area contributed by atoms with Crippen molar-refractivity contribution < 1.29 is 4.74 Å². The van der Waals surface area contributed by atoms with Gasteiger partial charge in [0, 0.05) is 39.4 Å². The van der Waals surface area contributed by atoms with E-state index in [1.54, 1.807) is 0 Å². The number of ether oxygens (including phenoxy) is 1. The van der Waals surface area contributed by atoms with Gasteiger partial charge in [0.25, 0.3) is 0 Å². The van der Waals surface area contributed by atoms with Crippen molar-refractivity contribution in [2.24, 2.45) is 16.3 Å². The predicted molar refractivity (Wildman–Crippen MR) is 93.3 cm³/mol. The average Bonchev–Trinajstić information content (AvgIpc) is 2.52. The second-order valence-electron chi connectivity index (χ2n) is 7.34. The van der Waals surface area contributed by atoms with Gasteiger partial charge in [-0.2, -0.15) is 0 Å². The molecule has 2 heterocycles. The van der Waals surface area contributed by atoms with Gasteiger partial charge in [0.1, 0.15) is 0 Å². The Morgan fingerprint density at radius 1 is 1.32 bits per heavy atom. The minimum Gasteiger partial charge on any atom is -0.381 e. The van der Waals surface area contributed by atoms with E-state index in [1.165, 1.54) is 25.7 Å². The number of nitrogens with zero attached hydrogens (tertiary/aromatic N) is 2. The van der Waals surface area contributed by atoms with Crippen molar-refractivity contribution in [2.75, 3.05) is 39.4 Å². The van der Waals surface area contributed by atoms with Crippen molar-refractivity contribution in [2.45, 2.75) is 59.3 Å². The van der Waals surface area contributed by atoms with Crippen LogP contribution in [0.25, 0.3) is 0 Å². The Bertz CT molecular complexity index is 348. The Morgan fingerprint density at radius 2 is 2.09 bits per heavy atom. The lowest BCUT2D eigenvalue weighted by Gasteiger charge is -2.42. The fourth-order valence-corrected chi connectivity index (χ4v) is 3.87. The SMILES string of the molecule is CCCC1(C)CCCN(C(=NCC2CCOCC2)NCC)C1. The molecule has 0 spiro atoms. The number of nitrogens with one attached hydrogen (secondary N) is 1. The zero-order chi connectivity index (χ0) is 15.8. The van der Waals surface area contributed by atoms with E-state index in [9.17, 15) is 0 Å². The Kier molecular flexibility index (Phi) is 7.00. The Labute approximate surface area is 136 Å². The molecule has 0 aromatic rings. The summed E-state index contributed by atoms with van der Waals surface area (Å²) in [5, 5.41) is 3.52. The molecule has 1 atom stereocenters. The predicted octanol–water partition coefficient (Wildman–Crippen LogP) is 3.28. The minimum atomic E-state index is 0.460. The molecule has 0 aliphatic carbocycles. The Morgan fingerprint density at radius 3 is 2.77 bits per heavy atom. The van der Waals surface area contributed by atoms with Gasteiger partial charge in [-0.15, -0.1) is 0 Å². The molecule has 2 fully saturated rings. The summed E-state index contributed by atoms with van der Waals surface area (Å²) in [6.45, 7) is 12.9. The molecule has 4 nitrogen and oxygen atoms in total. The van der Waals surface area contributed by atoms with Gasteiger partial charge in [0.15, 0.2) is 5.96 Å². The molecule has 22 heavy (non-hydrogen) atoms. The molecule has 0 radical (unpaired) electrons. The Balaban J connectivity index is 1.96. The van der Waals surface area contributed by atoms with Crippen LogP contribution in [0.1, 0.15) is 59.3 Å². The highest BCUT2D eigenvalue weighted by molar-refractivity contribution is 5.80. The number of guanidine groups is 1. The first-order chi connectivity index (χ1) is 10.7. The van der Waals surface area contributed by atoms with Gasteiger partial charge >= 0.3 is 0 Å². The third-order valence-corrected chi connectivity index (χ3v) is 5.11. The van der Waals surface area contributed by atoms with Crippen LogP contribution in [0.2, 0.25) is 0 Å². The smallest absolute Gasteiger partial charge is 0.193 e. The lowest BCUT2D eigenvalue weighted by molar-refractivity contribution is 0.0687. The highest BCUT2D eigenvalue weighted by Gasteiger charge is 2.31. The molecular formula is C18H35N3O. The van der Waals surface area contributed by atoms with Gasteiger partial charge < -0.3 is 15.0 Å². The minimum absolute atomic E-state index is 0.460. The molecule has 1 unspecified atom stereocenters. The molecule has 0 aromatic carbocycles. The molecule has 0 aromatic heterocycles. The first-order valence-electron chi connectivity index (χ1n) is 9.28. The lowest BCUT2D eigenvalue weighted by Crippen LogP contribution is -2.50. The summed E-state index contributed by atoms with van der Waals surface area (Å²) in [7, 11) is 0. The maximum absolute atomic E-state index is 5.45. The van der Waals surface area contributed by atoms with Gasteiger partial charge in [0.2, 0.25) is 0 Å². The zero-order valence-electron chi connectivity index (χ0n) is 14.9. The summed E-state index contributed by atoms with van der Waals surface area (Å²) in [4.78, 5) is 7.46. The molecule has 2 aliphatic rings. The molecular weight excluding hydrogens is 274 g/mol. The van der Waals surface area contributed by atoms with Crippen LogP contribution in [0.4, 0.5) is 0 Å². The summed E-state index contributed by atoms with van der Waals surface area (Å²) in [6.07, 6.45) is 7.57. The molecule has 0 bridgehead atoms. The van der Waals surface area contributed by atoms with Gasteiger partial charge in [-0.3, -0.25) is 4.99 Å². The van der Waals surface area contributed by atoms with Crippen LogP contribution in [0.3, 0.4) is 0 Å². The van der Waals surface area contributed by atoms with E-state index < -0.39 is 0 Å². The molecule has 4 heteroatoms. The van der Waals surface area contributed by atoms with Gasteiger partial charge in [-0.05, 0) is 50.4 Å². The van der Waals surface area contributed by atoms with Crippen LogP contribution < -0.4 is 5.32 Å². The standard InChI is InChI=1S/C18H35N3O/c1-4-9-18(3)10-6-11-21(15-18)17(19-5-2)20-14-16-7-12-22-13-8-16/h16H,4-15H2,1-3H3,(H,19,20). The van der Waals surface area contributed by atoms with Crippen molar-refractivity contribution in [3.05, 3.63) is 0 Å². The zero-order valence-corrected chi connectivity index (χ0v) is 14.9. The molecule has 0 saturated carbocycles. The van der Waals surface area contributed by atoms with Crippen molar-refractivity contribution in [3.63, 3.8) is 0 Å². The number of hydrogen-bond acceptors (Lipinski definition) is 2. The molecule has 2 saturated heterocycles. The lowest BCUT2D eigenvalue weighted by atomic mass is 9.78. The summed E-state index contributed by atoms with van der Waals surface area (Å²) in [5.41, 5.74) is 0.460. The van der Waals surface area contributed by atoms with Gasteiger partial charge in [-0.1, -0.05) is 20.3 Å². The number of likely N-dealkylation sites (tertiary alicyclic amines) is 1. The largest absolute Gasteiger partial charge is 0.381 e. The quantitative estimate of drug-likeness (QED) is 0.625. The first kappa shape index (κ1) is 17.6. The maximum Gasteiger partial charge on any atom is 0.193 e. The van der Waals surface area contributed by atoms with Crippen LogP contribution >= 0.6 is 0 Å². The molecule has 2 rings (SSSR count). The fraction of sp³-hybridized carbons (Fsp3) is 0.944. The fourth-order valence-electron chi connectivity index (χ4n) is 3.87. The number of aliphatic imine (C=N–C) groups is 1. The summed E-state index contributed by atoms with van der Waals surface area (Å²) in [5.74, 6) is 1.84. The van der Waals surface area contributed by atoms with E-state index in [2.05, 4.69) is 31.0 Å². The third-order valence-electron chi connectivity index (χ3n) is 5.11. The second kappa shape index (κ2) is 8.76. The number of hydrogen-bond donors (Lipinski definition) is 1. The van der Waals surface area contributed by atoms with E-state index in [4.69, 9.17) is 9.73 Å². The van der Waals surface area contributed by atoms with Crippen LogP contribution in [0.15, 0.2) is 4.99 Å². The van der Waals surface area contributed by atoms with Crippen molar-refractivity contribution in [1.29, 1.82) is 0 Å². The normalized spacial score (nSPS) is 28.0. The topological polar surface area (TPSA) is 36.9 Å². The van der Waals surface area contributed by atoms with Crippen molar-refractivity contribution >= 4 is 5.96 Å². The number of piperidine rings is 1. The van der Waals surface area contributed by atoms with Crippen molar-refractivity contribution in [3.8, 4) is 0 Å². The first-order valence-corrected chi connectivity index (χ1v) is 9.28. The third kappa shape index (κ3) is 5.15. The summed E-state index contributed by atoms with van der Waals surface area (Å²) in [6, 6.07) is 0.